The molecular formula is C18H15FN4O2. The molecule has 1 aliphatic carbocycles. The zero-order valence-corrected chi connectivity index (χ0v) is 13.2. The lowest BCUT2D eigenvalue weighted by molar-refractivity contribution is -0.146. The van der Waals surface area contributed by atoms with Gasteiger partial charge in [0.05, 0.1) is 11.6 Å². The Balaban J connectivity index is 1.38. The largest absolute Gasteiger partial charge is 0.457 e. The van der Waals surface area contributed by atoms with Crippen LogP contribution in [0.25, 0.3) is 5.69 Å². The number of aromatic nitrogens is 4. The molecule has 6 nitrogen and oxygen atoms in total. The predicted molar refractivity (Wildman–Crippen MR) is 86.2 cm³/mol. The summed E-state index contributed by atoms with van der Waals surface area (Å²) in [7, 11) is 0. The van der Waals surface area contributed by atoms with E-state index < -0.39 is 0 Å². The monoisotopic (exact) mass is 338 g/mol. The van der Waals surface area contributed by atoms with Crippen LogP contribution in [0.4, 0.5) is 4.39 Å². The quantitative estimate of drug-likeness (QED) is 0.669. The number of tetrazole rings is 1. The summed E-state index contributed by atoms with van der Waals surface area (Å²) in [5.74, 6) is -0.198. The minimum Gasteiger partial charge on any atom is -0.457 e. The van der Waals surface area contributed by atoms with Crippen LogP contribution in [0.3, 0.4) is 0 Å². The molecule has 0 saturated heterocycles. The Hall–Kier alpha value is -3.09. The number of esters is 1. The maximum Gasteiger partial charge on any atom is 0.310 e. The molecule has 0 spiro atoms. The molecule has 1 heterocycles. The van der Waals surface area contributed by atoms with Gasteiger partial charge in [-0.05, 0) is 52.6 Å². The van der Waals surface area contributed by atoms with Crippen LogP contribution < -0.4 is 0 Å². The zero-order chi connectivity index (χ0) is 17.2. The summed E-state index contributed by atoms with van der Waals surface area (Å²) >= 11 is 0. The van der Waals surface area contributed by atoms with Gasteiger partial charge in [0.1, 0.15) is 5.82 Å². The molecule has 25 heavy (non-hydrogen) atoms. The van der Waals surface area contributed by atoms with Crippen LogP contribution in [-0.4, -0.2) is 26.2 Å². The summed E-state index contributed by atoms with van der Waals surface area (Å²) in [6.45, 7) is 0.00731. The van der Waals surface area contributed by atoms with Gasteiger partial charge in [-0.2, -0.15) is 4.68 Å². The van der Waals surface area contributed by atoms with Crippen LogP contribution in [0.2, 0.25) is 0 Å². The second-order valence-electron chi connectivity index (χ2n) is 5.95. The highest BCUT2D eigenvalue weighted by Gasteiger charge is 2.45. The standard InChI is InChI=1S/C18H15FN4O2/c19-13-8-6-12(7-9-13)15-10-16(15)18(24)25-11-17-20-21-22-23(17)14-4-2-1-3-5-14/h1-9,15-16H,10-11H2. The van der Waals surface area contributed by atoms with E-state index in [-0.39, 0.29) is 30.2 Å². The van der Waals surface area contributed by atoms with E-state index in [0.717, 1.165) is 11.3 Å². The van der Waals surface area contributed by atoms with Gasteiger partial charge in [-0.25, -0.2) is 4.39 Å². The van der Waals surface area contributed by atoms with Crippen molar-refractivity contribution in [2.75, 3.05) is 0 Å². The van der Waals surface area contributed by atoms with Crippen molar-refractivity contribution in [3.63, 3.8) is 0 Å². The van der Waals surface area contributed by atoms with Crippen molar-refractivity contribution < 1.29 is 13.9 Å². The number of para-hydroxylation sites is 1. The number of carbonyl (C=O) groups excluding carboxylic acids is 1. The van der Waals surface area contributed by atoms with Crippen molar-refractivity contribution in [1.29, 1.82) is 0 Å². The summed E-state index contributed by atoms with van der Waals surface area (Å²) in [4.78, 5) is 12.2. The van der Waals surface area contributed by atoms with E-state index in [2.05, 4.69) is 15.5 Å². The van der Waals surface area contributed by atoms with E-state index in [1.807, 2.05) is 30.3 Å². The van der Waals surface area contributed by atoms with Crippen LogP contribution in [0.15, 0.2) is 54.6 Å². The molecule has 126 valence electrons. The first-order valence-corrected chi connectivity index (χ1v) is 7.97. The van der Waals surface area contributed by atoms with Gasteiger partial charge in [0.15, 0.2) is 12.4 Å². The number of benzene rings is 2. The van der Waals surface area contributed by atoms with Crippen molar-refractivity contribution in [2.45, 2.75) is 18.9 Å². The van der Waals surface area contributed by atoms with Crippen molar-refractivity contribution in [2.24, 2.45) is 5.92 Å². The zero-order valence-electron chi connectivity index (χ0n) is 13.2. The first-order valence-electron chi connectivity index (χ1n) is 7.97. The van der Waals surface area contributed by atoms with Crippen LogP contribution in [0.5, 0.6) is 0 Å². The Bertz CT molecular complexity index is 880. The first kappa shape index (κ1) is 15.4. The molecular weight excluding hydrogens is 323 g/mol. The van der Waals surface area contributed by atoms with E-state index in [4.69, 9.17) is 4.74 Å². The van der Waals surface area contributed by atoms with Gasteiger partial charge in [0, 0.05) is 0 Å². The van der Waals surface area contributed by atoms with Gasteiger partial charge >= 0.3 is 5.97 Å². The Morgan fingerprint density at radius 3 is 2.68 bits per heavy atom. The maximum atomic E-state index is 13.0. The SMILES string of the molecule is O=C(OCc1nnnn1-c1ccccc1)C1CC1c1ccc(F)cc1. The van der Waals surface area contributed by atoms with E-state index in [9.17, 15) is 9.18 Å². The number of halogens is 1. The van der Waals surface area contributed by atoms with E-state index in [1.54, 1.807) is 12.1 Å². The summed E-state index contributed by atoms with van der Waals surface area (Å²) in [5.41, 5.74) is 1.76. The molecule has 7 heteroatoms. The van der Waals surface area contributed by atoms with Crippen molar-refractivity contribution in [3.05, 3.63) is 71.8 Å². The minimum absolute atomic E-state index is 0.00731. The molecule has 4 rings (SSSR count). The fraction of sp³-hybridized carbons (Fsp3) is 0.222. The molecule has 2 unspecified atom stereocenters. The molecule has 3 aromatic rings. The van der Waals surface area contributed by atoms with Gasteiger partial charge < -0.3 is 4.74 Å². The number of hydrogen-bond acceptors (Lipinski definition) is 5. The van der Waals surface area contributed by atoms with Crippen LogP contribution in [0, 0.1) is 11.7 Å². The van der Waals surface area contributed by atoms with Crippen molar-refractivity contribution >= 4 is 5.97 Å². The van der Waals surface area contributed by atoms with Crippen molar-refractivity contribution in [3.8, 4) is 5.69 Å². The fourth-order valence-corrected chi connectivity index (χ4v) is 2.84. The minimum atomic E-state index is -0.281. The molecule has 1 aromatic heterocycles. The van der Waals surface area contributed by atoms with Crippen molar-refractivity contribution in [1.82, 2.24) is 20.2 Å². The van der Waals surface area contributed by atoms with E-state index >= 15 is 0 Å². The first-order chi connectivity index (χ1) is 12.2. The van der Waals surface area contributed by atoms with Crippen LogP contribution >= 0.6 is 0 Å². The molecule has 1 aliphatic rings. The molecule has 0 bridgehead atoms. The predicted octanol–water partition coefficient (Wildman–Crippen LogP) is 2.65. The number of rotatable bonds is 5. The van der Waals surface area contributed by atoms with E-state index in [0.29, 0.717) is 12.2 Å². The Kier molecular flexibility index (Phi) is 3.97. The number of ether oxygens (including phenoxy) is 1. The normalized spacial score (nSPS) is 18.8. The number of hydrogen-bond donors (Lipinski definition) is 0. The lowest BCUT2D eigenvalue weighted by Gasteiger charge is -2.06. The molecule has 1 saturated carbocycles. The molecule has 2 atom stereocenters. The Labute approximate surface area is 143 Å². The third-order valence-electron chi connectivity index (χ3n) is 4.27. The molecule has 2 aromatic carbocycles. The van der Waals surface area contributed by atoms with E-state index in [1.165, 1.54) is 16.8 Å². The highest BCUT2D eigenvalue weighted by Crippen LogP contribution is 2.48. The molecule has 0 amide bonds. The summed E-state index contributed by atoms with van der Waals surface area (Å²) in [5, 5.41) is 11.5. The third kappa shape index (κ3) is 3.26. The lowest BCUT2D eigenvalue weighted by atomic mass is 10.1. The average Bonchev–Trinajstić information content (AvgIpc) is 3.31. The third-order valence-corrected chi connectivity index (χ3v) is 4.27. The molecule has 0 aliphatic heterocycles. The van der Waals surface area contributed by atoms with Gasteiger partial charge in [-0.15, -0.1) is 5.10 Å². The maximum absolute atomic E-state index is 13.0. The second kappa shape index (κ2) is 6.43. The lowest BCUT2D eigenvalue weighted by Crippen LogP contribution is -2.11. The summed E-state index contributed by atoms with van der Waals surface area (Å²) < 4.78 is 19.9. The second-order valence-corrected chi connectivity index (χ2v) is 5.95. The fourth-order valence-electron chi connectivity index (χ4n) is 2.84. The van der Waals surface area contributed by atoms with Crippen LogP contribution in [-0.2, 0) is 16.1 Å². The van der Waals surface area contributed by atoms with Gasteiger partial charge in [0.2, 0.25) is 0 Å². The Morgan fingerprint density at radius 1 is 1.16 bits per heavy atom. The number of carbonyl (C=O) groups is 1. The topological polar surface area (TPSA) is 69.9 Å². The molecule has 0 N–H and O–H groups in total. The van der Waals surface area contributed by atoms with Gasteiger partial charge in [0.25, 0.3) is 0 Å². The summed E-state index contributed by atoms with van der Waals surface area (Å²) in [6.07, 6.45) is 0.716. The summed E-state index contributed by atoms with van der Waals surface area (Å²) in [6, 6.07) is 15.6. The number of nitrogens with zero attached hydrogens (tertiary/aromatic N) is 4. The average molecular weight is 338 g/mol. The molecule has 0 radical (unpaired) electrons. The van der Waals surface area contributed by atoms with Crippen LogP contribution in [0.1, 0.15) is 23.7 Å². The Morgan fingerprint density at radius 2 is 1.92 bits per heavy atom. The van der Waals surface area contributed by atoms with Gasteiger partial charge in [-0.1, -0.05) is 30.3 Å². The van der Waals surface area contributed by atoms with Gasteiger partial charge in [-0.3, -0.25) is 4.79 Å². The highest BCUT2D eigenvalue weighted by molar-refractivity contribution is 5.77. The smallest absolute Gasteiger partial charge is 0.310 e. The highest BCUT2D eigenvalue weighted by atomic mass is 19.1. The molecule has 1 fully saturated rings.